The third-order valence-electron chi connectivity index (χ3n) is 3.75. The lowest BCUT2D eigenvalue weighted by atomic mass is 10.0. The van der Waals surface area contributed by atoms with Crippen molar-refractivity contribution in [3.8, 4) is 0 Å². The molecule has 1 rings (SSSR count). The molecule has 0 unspecified atom stereocenters. The normalized spacial score (nSPS) is 20.4. The van der Waals surface area contributed by atoms with E-state index in [9.17, 15) is 9.59 Å². The van der Waals surface area contributed by atoms with Crippen molar-refractivity contribution in [2.75, 3.05) is 25.7 Å². The molecule has 2 atom stereocenters. The summed E-state index contributed by atoms with van der Waals surface area (Å²) in [7, 11) is 1.36. The van der Waals surface area contributed by atoms with Gasteiger partial charge in [0.25, 0.3) is 0 Å². The van der Waals surface area contributed by atoms with Gasteiger partial charge in [0.05, 0.1) is 7.11 Å². The van der Waals surface area contributed by atoms with E-state index in [0.717, 1.165) is 31.6 Å². The van der Waals surface area contributed by atoms with Crippen LogP contribution < -0.4 is 5.32 Å². The van der Waals surface area contributed by atoms with Crippen molar-refractivity contribution in [1.82, 2.24) is 10.2 Å². The highest BCUT2D eigenvalue weighted by molar-refractivity contribution is 7.98. The average molecular weight is 302 g/mol. The van der Waals surface area contributed by atoms with Crippen molar-refractivity contribution in [3.63, 3.8) is 0 Å². The number of hydrogen-bond acceptors (Lipinski definition) is 4. The van der Waals surface area contributed by atoms with Gasteiger partial charge in [-0.15, -0.1) is 0 Å². The minimum absolute atomic E-state index is 0.131. The summed E-state index contributed by atoms with van der Waals surface area (Å²) >= 11 is 1.65. The monoisotopic (exact) mass is 302 g/mol. The number of carbonyl (C=O) groups excluding carboxylic acids is 2. The molecule has 5 nitrogen and oxygen atoms in total. The molecule has 1 saturated heterocycles. The van der Waals surface area contributed by atoms with Gasteiger partial charge in [0.1, 0.15) is 6.04 Å². The summed E-state index contributed by atoms with van der Waals surface area (Å²) in [6, 6.07) is -0.380. The number of amides is 2. The van der Waals surface area contributed by atoms with Gasteiger partial charge in [0.15, 0.2) is 0 Å². The second-order valence-electron chi connectivity index (χ2n) is 5.06. The molecule has 1 heterocycles. The predicted octanol–water partition coefficient (Wildman–Crippen LogP) is 2.26. The van der Waals surface area contributed by atoms with E-state index in [4.69, 9.17) is 4.74 Å². The molecule has 1 fully saturated rings. The fraction of sp³-hybridized carbons (Fsp3) is 0.857. The number of ether oxygens (including phenoxy) is 1. The highest BCUT2D eigenvalue weighted by Crippen LogP contribution is 2.19. The Hall–Kier alpha value is -0.910. The van der Waals surface area contributed by atoms with Crippen molar-refractivity contribution in [3.05, 3.63) is 0 Å². The molecule has 0 bridgehead atoms. The van der Waals surface area contributed by atoms with Crippen LogP contribution in [0.25, 0.3) is 0 Å². The minimum Gasteiger partial charge on any atom is -0.467 e. The fourth-order valence-electron chi connectivity index (χ4n) is 2.55. The molecule has 0 radical (unpaired) electrons. The van der Waals surface area contributed by atoms with Gasteiger partial charge >= 0.3 is 12.0 Å². The number of urea groups is 1. The zero-order chi connectivity index (χ0) is 15.0. The number of rotatable bonds is 6. The molecule has 1 aliphatic rings. The smallest absolute Gasteiger partial charge is 0.328 e. The summed E-state index contributed by atoms with van der Waals surface area (Å²) in [5.74, 6) is 0.453. The first-order chi connectivity index (χ1) is 9.63. The third-order valence-corrected chi connectivity index (χ3v) is 4.40. The lowest BCUT2D eigenvalue weighted by Crippen LogP contribution is -2.53. The number of nitrogens with one attached hydrogen (secondary N) is 1. The quantitative estimate of drug-likeness (QED) is 0.765. The SMILES string of the molecule is CC[C@H]1CCCCN1C(=O)N[C@@H](CCSC)C(=O)OC. The molecule has 0 saturated carbocycles. The maximum atomic E-state index is 12.4. The van der Waals surface area contributed by atoms with Crippen molar-refractivity contribution in [2.24, 2.45) is 0 Å². The minimum atomic E-state index is -0.542. The first-order valence-corrected chi connectivity index (χ1v) is 8.67. The van der Waals surface area contributed by atoms with Crippen molar-refractivity contribution < 1.29 is 14.3 Å². The second-order valence-corrected chi connectivity index (χ2v) is 6.04. The van der Waals surface area contributed by atoms with Gasteiger partial charge in [0, 0.05) is 12.6 Å². The molecule has 1 aliphatic heterocycles. The molecule has 1 N–H and O–H groups in total. The maximum Gasteiger partial charge on any atom is 0.328 e. The molecule has 0 aliphatic carbocycles. The summed E-state index contributed by atoms with van der Waals surface area (Å²) in [6.45, 7) is 2.88. The van der Waals surface area contributed by atoms with Crippen molar-refractivity contribution >= 4 is 23.8 Å². The van der Waals surface area contributed by atoms with E-state index in [-0.39, 0.29) is 12.0 Å². The average Bonchev–Trinajstić information content (AvgIpc) is 2.50. The first-order valence-electron chi connectivity index (χ1n) is 7.27. The van der Waals surface area contributed by atoms with E-state index in [1.54, 1.807) is 11.8 Å². The van der Waals surface area contributed by atoms with E-state index >= 15 is 0 Å². The topological polar surface area (TPSA) is 58.6 Å². The molecule has 20 heavy (non-hydrogen) atoms. The Kier molecular flexibility index (Phi) is 7.80. The van der Waals surface area contributed by atoms with Gasteiger partial charge in [0.2, 0.25) is 0 Å². The predicted molar refractivity (Wildman–Crippen MR) is 82.0 cm³/mol. The Morgan fingerprint density at radius 1 is 1.45 bits per heavy atom. The summed E-state index contributed by atoms with van der Waals surface area (Å²) < 4.78 is 4.77. The van der Waals surface area contributed by atoms with E-state index < -0.39 is 6.04 Å². The number of methoxy groups -OCH3 is 1. The van der Waals surface area contributed by atoms with Gasteiger partial charge in [-0.05, 0) is 44.1 Å². The summed E-state index contributed by atoms with van der Waals surface area (Å²) in [5.41, 5.74) is 0. The largest absolute Gasteiger partial charge is 0.467 e. The Morgan fingerprint density at radius 2 is 2.20 bits per heavy atom. The molecule has 2 amide bonds. The number of piperidine rings is 1. The van der Waals surface area contributed by atoms with Gasteiger partial charge in [-0.2, -0.15) is 11.8 Å². The van der Waals surface area contributed by atoms with Crippen LogP contribution in [0.5, 0.6) is 0 Å². The summed E-state index contributed by atoms with van der Waals surface area (Å²) in [6.07, 6.45) is 6.81. The third kappa shape index (κ3) is 4.89. The van der Waals surface area contributed by atoms with Gasteiger partial charge in [-0.25, -0.2) is 9.59 Å². The lowest BCUT2D eigenvalue weighted by molar-refractivity contribution is -0.142. The molecule has 6 heteroatoms. The molecule has 0 aromatic heterocycles. The number of likely N-dealkylation sites (tertiary alicyclic amines) is 1. The van der Waals surface area contributed by atoms with Crippen molar-refractivity contribution in [1.29, 1.82) is 0 Å². The molecular weight excluding hydrogens is 276 g/mol. The van der Waals surface area contributed by atoms with Crippen LogP contribution >= 0.6 is 11.8 Å². The van der Waals surface area contributed by atoms with Crippen LogP contribution in [0.2, 0.25) is 0 Å². The van der Waals surface area contributed by atoms with Crippen molar-refractivity contribution in [2.45, 2.75) is 51.1 Å². The van der Waals surface area contributed by atoms with Gasteiger partial charge in [-0.1, -0.05) is 6.92 Å². The second kappa shape index (κ2) is 9.10. The Bertz CT molecular complexity index is 326. The number of thioether (sulfide) groups is 1. The first kappa shape index (κ1) is 17.1. The zero-order valence-corrected chi connectivity index (χ0v) is 13.5. The zero-order valence-electron chi connectivity index (χ0n) is 12.7. The number of esters is 1. The van der Waals surface area contributed by atoms with Gasteiger partial charge < -0.3 is 15.0 Å². The van der Waals surface area contributed by atoms with Crippen LogP contribution in [-0.2, 0) is 9.53 Å². The van der Waals surface area contributed by atoms with Crippen LogP contribution in [-0.4, -0.2) is 54.6 Å². The van der Waals surface area contributed by atoms with E-state index in [2.05, 4.69) is 12.2 Å². The standard InChI is InChI=1S/C14H26N2O3S/c1-4-11-7-5-6-9-16(11)14(18)15-12(8-10-20-3)13(17)19-2/h11-12H,4-10H2,1-3H3,(H,15,18)/t11-,12-/m0/s1. The Labute approximate surface area is 125 Å². The van der Waals surface area contributed by atoms with Gasteiger partial charge in [-0.3, -0.25) is 0 Å². The summed E-state index contributed by atoms with van der Waals surface area (Å²) in [4.78, 5) is 26.0. The number of carbonyl (C=O) groups is 2. The van der Waals surface area contributed by atoms with E-state index in [0.29, 0.717) is 12.5 Å². The molecule has 0 spiro atoms. The van der Waals surface area contributed by atoms with Crippen LogP contribution in [0.15, 0.2) is 0 Å². The molecule has 116 valence electrons. The maximum absolute atomic E-state index is 12.4. The fourth-order valence-corrected chi connectivity index (χ4v) is 3.02. The molecule has 0 aromatic rings. The van der Waals surface area contributed by atoms with E-state index in [1.165, 1.54) is 13.5 Å². The molecule has 0 aromatic carbocycles. The van der Waals surface area contributed by atoms with Crippen LogP contribution in [0.1, 0.15) is 39.0 Å². The highest BCUT2D eigenvalue weighted by Gasteiger charge is 2.29. The van der Waals surface area contributed by atoms with E-state index in [1.807, 2.05) is 11.2 Å². The number of nitrogens with zero attached hydrogens (tertiary/aromatic N) is 1. The lowest BCUT2D eigenvalue weighted by Gasteiger charge is -2.36. The summed E-state index contributed by atoms with van der Waals surface area (Å²) in [5, 5.41) is 2.84. The highest BCUT2D eigenvalue weighted by atomic mass is 32.2. The Balaban J connectivity index is 2.61. The Morgan fingerprint density at radius 3 is 2.80 bits per heavy atom. The number of hydrogen-bond donors (Lipinski definition) is 1. The van der Waals surface area contributed by atoms with Crippen LogP contribution in [0, 0.1) is 0 Å². The van der Waals surface area contributed by atoms with Crippen LogP contribution in [0.4, 0.5) is 4.79 Å². The van der Waals surface area contributed by atoms with Crippen LogP contribution in [0.3, 0.4) is 0 Å². The molecular formula is C14H26N2O3S.